The number of benzene rings is 2. The van der Waals surface area contributed by atoms with Gasteiger partial charge in [-0.3, -0.25) is 9.69 Å². The molecule has 0 aliphatic carbocycles. The Hall–Kier alpha value is -4.12. The minimum atomic E-state index is -0.421. The number of aliphatic hydroxyl groups excluding tert-OH is 1. The van der Waals surface area contributed by atoms with E-state index >= 15 is 4.39 Å². The van der Waals surface area contributed by atoms with Crippen molar-refractivity contribution in [3.63, 3.8) is 0 Å². The summed E-state index contributed by atoms with van der Waals surface area (Å²) >= 11 is 1.23. The van der Waals surface area contributed by atoms with Gasteiger partial charge >= 0.3 is 0 Å². The van der Waals surface area contributed by atoms with Crippen LogP contribution in [0.15, 0.2) is 36.4 Å². The number of rotatable bonds is 8. The van der Waals surface area contributed by atoms with Crippen molar-refractivity contribution in [3.05, 3.63) is 52.9 Å². The van der Waals surface area contributed by atoms with Gasteiger partial charge in [-0.05, 0) is 50.2 Å². The molecule has 10 nitrogen and oxygen atoms in total. The number of aryl methyl sites for hydroxylation is 1. The van der Waals surface area contributed by atoms with Gasteiger partial charge in [0.25, 0.3) is 0 Å². The molecule has 43 heavy (non-hydrogen) atoms. The third-order valence-corrected chi connectivity index (χ3v) is 8.99. The lowest BCUT2D eigenvalue weighted by Crippen LogP contribution is -2.57. The van der Waals surface area contributed by atoms with E-state index in [2.05, 4.69) is 21.0 Å². The van der Waals surface area contributed by atoms with Gasteiger partial charge in [-0.1, -0.05) is 11.3 Å². The monoisotopic (exact) mass is 606 g/mol. The Morgan fingerprint density at radius 2 is 1.86 bits per heavy atom. The second-order valence-electron chi connectivity index (χ2n) is 10.7. The van der Waals surface area contributed by atoms with E-state index in [-0.39, 0.29) is 17.2 Å². The number of likely N-dealkylation sites (tertiary alicyclic amines) is 1. The number of aromatic nitrogens is 3. The van der Waals surface area contributed by atoms with E-state index < -0.39 is 11.9 Å². The summed E-state index contributed by atoms with van der Waals surface area (Å²) in [4.78, 5) is 25.5. The molecule has 13 heteroatoms. The Kier molecular flexibility index (Phi) is 8.00. The fourth-order valence-electron chi connectivity index (χ4n) is 5.65. The van der Waals surface area contributed by atoms with Crippen molar-refractivity contribution >= 4 is 44.8 Å². The average Bonchev–Trinajstić information content (AvgIpc) is 3.59. The summed E-state index contributed by atoms with van der Waals surface area (Å²) in [6, 6.07) is 11.6. The topological polar surface area (TPSA) is 105 Å². The molecule has 0 radical (unpaired) electrons. The first-order chi connectivity index (χ1) is 20.8. The molecule has 0 unspecified atom stereocenters. The first-order valence-electron chi connectivity index (χ1n) is 14.4. The van der Waals surface area contributed by atoms with E-state index in [4.69, 9.17) is 4.98 Å². The molecule has 2 aromatic carbocycles. The van der Waals surface area contributed by atoms with Crippen molar-refractivity contribution in [1.29, 1.82) is 5.26 Å². The number of carbonyl (C=O) groups excluding carboxylic acids is 1. The van der Waals surface area contributed by atoms with Crippen LogP contribution in [0.2, 0.25) is 0 Å². The maximum atomic E-state index is 15.6. The van der Waals surface area contributed by atoms with E-state index in [1.807, 2.05) is 24.8 Å². The lowest BCUT2D eigenvalue weighted by Gasteiger charge is -2.39. The van der Waals surface area contributed by atoms with Crippen molar-refractivity contribution in [2.45, 2.75) is 26.5 Å². The number of hydrogen-bond donors (Lipinski definition) is 1. The molecule has 0 atom stereocenters. The number of β-amino-alcohol motifs (C(OH)–C–C–N with tert-alkyl or cyclic N) is 1. The van der Waals surface area contributed by atoms with Crippen LogP contribution in [-0.4, -0.2) is 94.0 Å². The molecule has 2 saturated heterocycles. The number of nitriles is 1. The number of aliphatic hydroxyl groups is 1. The van der Waals surface area contributed by atoms with Crippen molar-refractivity contribution in [1.82, 2.24) is 24.6 Å². The molecule has 0 spiro atoms. The van der Waals surface area contributed by atoms with Crippen LogP contribution >= 0.6 is 11.3 Å². The lowest BCUT2D eigenvalue weighted by atomic mass is 10.1. The van der Waals surface area contributed by atoms with E-state index in [1.165, 1.54) is 29.5 Å². The number of amides is 1. The molecular weight excluding hydrogens is 574 g/mol. The third-order valence-electron chi connectivity index (χ3n) is 8.00. The quantitative estimate of drug-likeness (QED) is 0.323. The van der Waals surface area contributed by atoms with Gasteiger partial charge < -0.3 is 19.8 Å². The van der Waals surface area contributed by atoms with E-state index in [9.17, 15) is 19.6 Å². The number of carbonyl (C=O) groups is 1. The van der Waals surface area contributed by atoms with Gasteiger partial charge in [-0.25, -0.2) is 18.4 Å². The lowest BCUT2D eigenvalue weighted by molar-refractivity contribution is -0.142. The number of anilines is 3. The standard InChI is InChI=1S/C30H32F2N8O2S/c1-3-39(30-34-27(25(15-33)43-30)19-5-7-20(31)8-6-19)29-23-13-21(14-24(32)28(23)35-40(29)4-2)37-11-9-36(10-12-37)18-26(42)38-16-22(41)17-38/h5-8,13-14,22,41H,3-4,9-12,16-18H2,1-2H3. The fraction of sp³-hybridized carbons (Fsp3) is 0.400. The Bertz CT molecular complexity index is 1680. The van der Waals surface area contributed by atoms with Crippen molar-refractivity contribution in [2.24, 2.45) is 0 Å². The molecule has 0 saturated carbocycles. The van der Waals surface area contributed by atoms with E-state index in [1.54, 1.807) is 21.7 Å². The number of piperazine rings is 1. The minimum Gasteiger partial charge on any atom is -0.389 e. The third kappa shape index (κ3) is 5.53. The molecule has 2 fully saturated rings. The van der Waals surface area contributed by atoms with Crippen LogP contribution in [0, 0.1) is 23.0 Å². The number of nitrogens with zero attached hydrogens (tertiary/aromatic N) is 8. The molecule has 1 N–H and O–H groups in total. The van der Waals surface area contributed by atoms with Crippen LogP contribution in [0.1, 0.15) is 18.7 Å². The molecule has 4 heterocycles. The summed E-state index contributed by atoms with van der Waals surface area (Å²) in [5.41, 5.74) is 2.11. The molecular formula is C30H32F2N8O2S. The molecule has 2 aliphatic heterocycles. The number of halogens is 2. The second kappa shape index (κ2) is 11.9. The van der Waals surface area contributed by atoms with Gasteiger partial charge in [0, 0.05) is 69.0 Å². The summed E-state index contributed by atoms with van der Waals surface area (Å²) < 4.78 is 30.9. The van der Waals surface area contributed by atoms with Crippen LogP contribution in [0.4, 0.5) is 25.4 Å². The molecule has 224 valence electrons. The van der Waals surface area contributed by atoms with Crippen LogP contribution < -0.4 is 9.80 Å². The van der Waals surface area contributed by atoms with Crippen LogP contribution in [-0.2, 0) is 11.3 Å². The Morgan fingerprint density at radius 1 is 1.14 bits per heavy atom. The highest BCUT2D eigenvalue weighted by Crippen LogP contribution is 2.40. The summed E-state index contributed by atoms with van der Waals surface area (Å²) in [5, 5.41) is 25.1. The molecule has 2 aliphatic rings. The Balaban J connectivity index is 1.29. The number of fused-ring (bicyclic) bond motifs is 1. The van der Waals surface area contributed by atoms with Gasteiger partial charge in [-0.15, -0.1) is 0 Å². The Morgan fingerprint density at radius 3 is 2.49 bits per heavy atom. The van der Waals surface area contributed by atoms with Gasteiger partial charge in [0.05, 0.1) is 12.6 Å². The molecule has 6 rings (SSSR count). The summed E-state index contributed by atoms with van der Waals surface area (Å²) in [6.07, 6.45) is -0.419. The largest absolute Gasteiger partial charge is 0.389 e. The van der Waals surface area contributed by atoms with Gasteiger partial charge in [0.1, 0.15) is 33.8 Å². The number of thiazole rings is 1. The van der Waals surface area contributed by atoms with E-state index in [0.29, 0.717) is 91.4 Å². The first-order valence-corrected chi connectivity index (χ1v) is 15.2. The summed E-state index contributed by atoms with van der Waals surface area (Å²) in [5.74, 6) is -0.0846. The highest BCUT2D eigenvalue weighted by atomic mass is 32.1. The normalized spacial score (nSPS) is 16.0. The van der Waals surface area contributed by atoms with Crippen LogP contribution in [0.25, 0.3) is 22.2 Å². The van der Waals surface area contributed by atoms with E-state index in [0.717, 1.165) is 5.69 Å². The second-order valence-corrected chi connectivity index (χ2v) is 11.7. The smallest absolute Gasteiger partial charge is 0.236 e. The first kappa shape index (κ1) is 29.0. The zero-order valence-electron chi connectivity index (χ0n) is 24.0. The maximum Gasteiger partial charge on any atom is 0.236 e. The van der Waals surface area contributed by atoms with Crippen LogP contribution in [0.5, 0.6) is 0 Å². The minimum absolute atomic E-state index is 0.0202. The van der Waals surface area contributed by atoms with Crippen LogP contribution in [0.3, 0.4) is 0 Å². The van der Waals surface area contributed by atoms with Gasteiger partial charge in [0.2, 0.25) is 5.91 Å². The van der Waals surface area contributed by atoms with Gasteiger partial charge in [-0.2, -0.15) is 10.4 Å². The molecule has 1 amide bonds. The highest BCUT2D eigenvalue weighted by molar-refractivity contribution is 7.16. The Labute approximate surface area is 252 Å². The highest BCUT2D eigenvalue weighted by Gasteiger charge is 2.31. The van der Waals surface area contributed by atoms with Crippen molar-refractivity contribution in [2.75, 3.05) is 62.2 Å². The van der Waals surface area contributed by atoms with Crippen molar-refractivity contribution < 1.29 is 18.7 Å². The molecule has 4 aromatic rings. The summed E-state index contributed by atoms with van der Waals surface area (Å²) in [6.45, 7) is 8.58. The predicted octanol–water partition coefficient (Wildman–Crippen LogP) is 3.81. The molecule has 0 bridgehead atoms. The fourth-order valence-corrected chi connectivity index (χ4v) is 6.60. The van der Waals surface area contributed by atoms with Crippen molar-refractivity contribution in [3.8, 4) is 17.3 Å². The van der Waals surface area contributed by atoms with Gasteiger partial charge in [0.15, 0.2) is 10.9 Å². The maximum absolute atomic E-state index is 15.6. The average molecular weight is 607 g/mol. The number of hydrogen-bond acceptors (Lipinski definition) is 9. The SMILES string of the molecule is CCN(c1nc(-c2ccc(F)cc2)c(C#N)s1)c1c2cc(N3CCN(CC(=O)N4CC(O)C4)CC3)cc(F)c2nn1CC. The predicted molar refractivity (Wildman–Crippen MR) is 162 cm³/mol. The zero-order valence-corrected chi connectivity index (χ0v) is 24.8. The zero-order chi connectivity index (χ0) is 30.2. The molecule has 2 aromatic heterocycles. The summed E-state index contributed by atoms with van der Waals surface area (Å²) in [7, 11) is 0.